The molecule has 0 aliphatic heterocycles. The van der Waals surface area contributed by atoms with Gasteiger partial charge in [-0.15, -0.1) is 10.2 Å². The fraction of sp³-hybridized carbons (Fsp3) is 0.364. The summed E-state index contributed by atoms with van der Waals surface area (Å²) < 4.78 is 1.94. The van der Waals surface area contributed by atoms with E-state index in [0.29, 0.717) is 6.54 Å². The molecule has 0 unspecified atom stereocenters. The van der Waals surface area contributed by atoms with E-state index in [4.69, 9.17) is 5.73 Å². The van der Waals surface area contributed by atoms with E-state index in [-0.39, 0.29) is 0 Å². The highest BCUT2D eigenvalue weighted by Crippen LogP contribution is 2.23. The van der Waals surface area contributed by atoms with E-state index in [1.807, 2.05) is 36.9 Å². The molecule has 2 heterocycles. The summed E-state index contributed by atoms with van der Waals surface area (Å²) in [5, 5.41) is 9.86. The molecule has 0 saturated heterocycles. The Morgan fingerprint density at radius 2 is 2.18 bits per heavy atom. The number of nitrogens with zero attached hydrogens (tertiary/aromatic N) is 4. The molecular formula is C11H15N5S. The van der Waals surface area contributed by atoms with E-state index in [9.17, 15) is 0 Å². The van der Waals surface area contributed by atoms with Gasteiger partial charge in [-0.05, 0) is 43.3 Å². The zero-order chi connectivity index (χ0) is 12.3. The number of rotatable bonds is 4. The number of aryl methyl sites for hydroxylation is 1. The van der Waals surface area contributed by atoms with Crippen LogP contribution >= 0.6 is 11.8 Å². The summed E-state index contributed by atoms with van der Waals surface area (Å²) in [5.74, 6) is 0.896. The number of hydrogen-bond acceptors (Lipinski definition) is 5. The molecule has 5 nitrogen and oxygen atoms in total. The Morgan fingerprint density at radius 3 is 2.71 bits per heavy atom. The van der Waals surface area contributed by atoms with Crippen LogP contribution in [0.1, 0.15) is 11.4 Å². The van der Waals surface area contributed by atoms with Crippen LogP contribution in [-0.4, -0.2) is 26.3 Å². The van der Waals surface area contributed by atoms with Crippen LogP contribution in [0.15, 0.2) is 28.5 Å². The quantitative estimate of drug-likeness (QED) is 0.881. The predicted molar refractivity (Wildman–Crippen MR) is 66.9 cm³/mol. The van der Waals surface area contributed by atoms with Crippen LogP contribution < -0.4 is 5.73 Å². The van der Waals surface area contributed by atoms with E-state index < -0.39 is 0 Å². The Hall–Kier alpha value is -1.40. The molecule has 0 aliphatic rings. The van der Waals surface area contributed by atoms with E-state index in [1.165, 1.54) is 11.8 Å². The van der Waals surface area contributed by atoms with Crippen molar-refractivity contribution in [3.8, 4) is 0 Å². The molecule has 2 aromatic heterocycles. The van der Waals surface area contributed by atoms with Crippen LogP contribution in [-0.2, 0) is 13.5 Å². The SMILES string of the molecule is Cc1nnc(Sc2ccc(CCN)cn2)n1C. The first-order valence-electron chi connectivity index (χ1n) is 5.39. The summed E-state index contributed by atoms with van der Waals surface area (Å²) >= 11 is 1.51. The second kappa shape index (κ2) is 5.29. The van der Waals surface area contributed by atoms with Crippen molar-refractivity contribution < 1.29 is 0 Å². The van der Waals surface area contributed by atoms with Crippen molar-refractivity contribution in [2.24, 2.45) is 12.8 Å². The Bertz CT molecular complexity index is 491. The first-order chi connectivity index (χ1) is 8.20. The van der Waals surface area contributed by atoms with E-state index >= 15 is 0 Å². The lowest BCUT2D eigenvalue weighted by Crippen LogP contribution is -2.02. The number of hydrogen-bond donors (Lipinski definition) is 1. The molecular weight excluding hydrogens is 234 g/mol. The van der Waals surface area contributed by atoms with Gasteiger partial charge in [-0.2, -0.15) is 0 Å². The first-order valence-corrected chi connectivity index (χ1v) is 6.21. The first kappa shape index (κ1) is 12.1. The molecule has 2 aromatic rings. The van der Waals surface area contributed by atoms with Gasteiger partial charge in [0.25, 0.3) is 0 Å². The molecule has 2 rings (SSSR count). The Labute approximate surface area is 104 Å². The minimum absolute atomic E-state index is 0.649. The standard InChI is InChI=1S/C11H15N5S/c1-8-14-15-11(16(8)2)17-10-4-3-9(5-6-12)7-13-10/h3-4,7H,5-6,12H2,1-2H3. The minimum Gasteiger partial charge on any atom is -0.330 e. The van der Waals surface area contributed by atoms with Gasteiger partial charge in [0.05, 0.1) is 0 Å². The molecule has 90 valence electrons. The zero-order valence-corrected chi connectivity index (χ0v) is 10.7. The molecule has 0 spiro atoms. The van der Waals surface area contributed by atoms with Crippen LogP contribution in [0.25, 0.3) is 0 Å². The average Bonchev–Trinajstić information content (AvgIpc) is 2.64. The van der Waals surface area contributed by atoms with Gasteiger partial charge >= 0.3 is 0 Å². The van der Waals surface area contributed by atoms with Crippen molar-refractivity contribution in [1.29, 1.82) is 0 Å². The Kier molecular flexibility index (Phi) is 3.75. The van der Waals surface area contributed by atoms with Crippen molar-refractivity contribution in [3.05, 3.63) is 29.7 Å². The van der Waals surface area contributed by atoms with Gasteiger partial charge in [-0.1, -0.05) is 6.07 Å². The number of pyridine rings is 1. The fourth-order valence-electron chi connectivity index (χ4n) is 1.36. The van der Waals surface area contributed by atoms with Crippen molar-refractivity contribution in [1.82, 2.24) is 19.7 Å². The van der Waals surface area contributed by atoms with Gasteiger partial charge < -0.3 is 10.3 Å². The van der Waals surface area contributed by atoms with Gasteiger partial charge in [0.1, 0.15) is 10.9 Å². The third-order valence-electron chi connectivity index (χ3n) is 2.48. The van der Waals surface area contributed by atoms with E-state index in [0.717, 1.165) is 28.0 Å². The lowest BCUT2D eigenvalue weighted by atomic mass is 10.2. The highest BCUT2D eigenvalue weighted by Gasteiger charge is 2.07. The van der Waals surface area contributed by atoms with Crippen LogP contribution in [0.3, 0.4) is 0 Å². The van der Waals surface area contributed by atoms with Gasteiger partial charge in [0, 0.05) is 13.2 Å². The molecule has 0 fully saturated rings. The third-order valence-corrected chi connectivity index (χ3v) is 3.47. The van der Waals surface area contributed by atoms with E-state index in [2.05, 4.69) is 15.2 Å². The largest absolute Gasteiger partial charge is 0.330 e. The summed E-state index contributed by atoms with van der Waals surface area (Å²) in [6, 6.07) is 4.03. The Morgan fingerprint density at radius 1 is 1.35 bits per heavy atom. The molecule has 0 aromatic carbocycles. The summed E-state index contributed by atoms with van der Waals surface area (Å²) in [5.41, 5.74) is 6.65. The Balaban J connectivity index is 2.11. The minimum atomic E-state index is 0.649. The van der Waals surface area contributed by atoms with Crippen molar-refractivity contribution in [2.45, 2.75) is 23.5 Å². The van der Waals surface area contributed by atoms with Gasteiger partial charge in [0.15, 0.2) is 5.16 Å². The van der Waals surface area contributed by atoms with Crippen LogP contribution in [0, 0.1) is 6.92 Å². The van der Waals surface area contributed by atoms with Crippen LogP contribution in [0.2, 0.25) is 0 Å². The highest BCUT2D eigenvalue weighted by atomic mass is 32.2. The molecule has 6 heteroatoms. The van der Waals surface area contributed by atoms with Crippen molar-refractivity contribution in [3.63, 3.8) is 0 Å². The lowest BCUT2D eigenvalue weighted by molar-refractivity contribution is 0.764. The van der Waals surface area contributed by atoms with Crippen LogP contribution in [0.5, 0.6) is 0 Å². The second-order valence-corrected chi connectivity index (χ2v) is 4.72. The summed E-state index contributed by atoms with van der Waals surface area (Å²) in [7, 11) is 1.94. The second-order valence-electron chi connectivity index (χ2n) is 3.73. The van der Waals surface area contributed by atoms with Gasteiger partial charge in [0.2, 0.25) is 0 Å². The molecule has 17 heavy (non-hydrogen) atoms. The zero-order valence-electron chi connectivity index (χ0n) is 9.92. The molecule has 2 N–H and O–H groups in total. The molecule has 0 atom stereocenters. The topological polar surface area (TPSA) is 69.6 Å². The summed E-state index contributed by atoms with van der Waals surface area (Å²) in [4.78, 5) is 4.37. The average molecular weight is 249 g/mol. The van der Waals surface area contributed by atoms with Crippen LogP contribution in [0.4, 0.5) is 0 Å². The maximum Gasteiger partial charge on any atom is 0.197 e. The molecule has 0 aliphatic carbocycles. The van der Waals surface area contributed by atoms with Gasteiger partial charge in [-0.25, -0.2) is 4.98 Å². The third kappa shape index (κ3) is 2.83. The monoisotopic (exact) mass is 249 g/mol. The summed E-state index contributed by atoms with van der Waals surface area (Å²) in [6.07, 6.45) is 2.72. The number of aromatic nitrogens is 4. The van der Waals surface area contributed by atoms with E-state index in [1.54, 1.807) is 0 Å². The van der Waals surface area contributed by atoms with Crippen molar-refractivity contribution in [2.75, 3.05) is 6.54 Å². The molecule has 0 amide bonds. The molecule has 0 radical (unpaired) electrons. The summed E-state index contributed by atoms with van der Waals surface area (Å²) in [6.45, 7) is 2.57. The molecule has 0 saturated carbocycles. The van der Waals surface area contributed by atoms with Gasteiger partial charge in [-0.3, -0.25) is 0 Å². The lowest BCUT2D eigenvalue weighted by Gasteiger charge is -2.02. The maximum atomic E-state index is 5.49. The maximum absolute atomic E-state index is 5.49. The fourth-order valence-corrected chi connectivity index (χ4v) is 2.14. The molecule has 0 bridgehead atoms. The highest BCUT2D eigenvalue weighted by molar-refractivity contribution is 7.99. The normalized spacial score (nSPS) is 10.8. The number of nitrogens with two attached hydrogens (primary N) is 1. The smallest absolute Gasteiger partial charge is 0.197 e. The van der Waals surface area contributed by atoms with Crippen molar-refractivity contribution >= 4 is 11.8 Å². The predicted octanol–water partition coefficient (Wildman–Crippen LogP) is 1.17.